The maximum absolute atomic E-state index is 5.60. The zero-order chi connectivity index (χ0) is 6.69. The number of unbranched alkanes of at least 4 members (excludes halogenated alkanes) is 1. The van der Waals surface area contributed by atoms with Crippen molar-refractivity contribution in [2.75, 3.05) is 19.6 Å². The number of nitrogens with two attached hydrogens (primary N) is 1. The van der Waals surface area contributed by atoms with Crippen LogP contribution in [0.2, 0.25) is 0 Å². The molecule has 0 radical (unpaired) electrons. The van der Waals surface area contributed by atoms with Crippen molar-refractivity contribution in [3.05, 3.63) is 0 Å². The lowest BCUT2D eigenvalue weighted by atomic mass is 10.1. The third-order valence-corrected chi connectivity index (χ3v) is 1.81. The summed E-state index contributed by atoms with van der Waals surface area (Å²) in [6.45, 7) is 5.73. The summed E-state index contributed by atoms with van der Waals surface area (Å²) in [4.78, 5) is 2.41. The summed E-state index contributed by atoms with van der Waals surface area (Å²) in [7, 11) is 0. The molecule has 9 heavy (non-hydrogen) atoms. The molecule has 0 aromatic heterocycles. The highest BCUT2D eigenvalue weighted by atomic mass is 15.2. The maximum atomic E-state index is 5.60. The lowest BCUT2D eigenvalue weighted by Crippen LogP contribution is -2.55. The van der Waals surface area contributed by atoms with E-state index in [0.29, 0.717) is 6.04 Å². The van der Waals surface area contributed by atoms with E-state index in [4.69, 9.17) is 5.73 Å². The lowest BCUT2D eigenvalue weighted by molar-refractivity contribution is 0.149. The normalized spacial score (nSPS) is 22.0. The third kappa shape index (κ3) is 1.95. The van der Waals surface area contributed by atoms with Gasteiger partial charge in [-0.2, -0.15) is 0 Å². The van der Waals surface area contributed by atoms with Crippen LogP contribution >= 0.6 is 0 Å². The van der Waals surface area contributed by atoms with E-state index >= 15 is 0 Å². The van der Waals surface area contributed by atoms with Crippen molar-refractivity contribution < 1.29 is 0 Å². The van der Waals surface area contributed by atoms with Gasteiger partial charge in [-0.25, -0.2) is 0 Å². The van der Waals surface area contributed by atoms with Crippen molar-refractivity contribution in [2.24, 2.45) is 5.73 Å². The number of nitrogens with zero attached hydrogens (tertiary/aromatic N) is 1. The van der Waals surface area contributed by atoms with Crippen molar-refractivity contribution in [1.29, 1.82) is 0 Å². The number of likely N-dealkylation sites (tertiary alicyclic amines) is 1. The van der Waals surface area contributed by atoms with Gasteiger partial charge in [-0.3, -0.25) is 0 Å². The number of rotatable bonds is 3. The lowest BCUT2D eigenvalue weighted by Gasteiger charge is -2.36. The van der Waals surface area contributed by atoms with Gasteiger partial charge in [0, 0.05) is 19.1 Å². The molecule has 1 aliphatic rings. The van der Waals surface area contributed by atoms with Crippen LogP contribution in [-0.2, 0) is 0 Å². The van der Waals surface area contributed by atoms with Crippen molar-refractivity contribution in [3.63, 3.8) is 0 Å². The Hall–Kier alpha value is -0.0800. The van der Waals surface area contributed by atoms with Crippen LogP contribution < -0.4 is 5.73 Å². The van der Waals surface area contributed by atoms with Gasteiger partial charge in [-0.15, -0.1) is 0 Å². The van der Waals surface area contributed by atoms with Gasteiger partial charge in [0.15, 0.2) is 0 Å². The van der Waals surface area contributed by atoms with E-state index < -0.39 is 0 Å². The fourth-order valence-corrected chi connectivity index (χ4v) is 1.17. The molecule has 0 saturated carbocycles. The molecule has 0 atom stereocenters. The van der Waals surface area contributed by atoms with Gasteiger partial charge in [0.25, 0.3) is 0 Å². The molecule has 54 valence electrons. The predicted molar refractivity (Wildman–Crippen MR) is 39.3 cm³/mol. The smallest absolute Gasteiger partial charge is 0.0297 e. The first-order chi connectivity index (χ1) is 4.33. The highest BCUT2D eigenvalue weighted by Crippen LogP contribution is 2.05. The first-order valence-electron chi connectivity index (χ1n) is 3.81. The molecule has 0 aromatic carbocycles. The van der Waals surface area contributed by atoms with E-state index in [2.05, 4.69) is 11.8 Å². The predicted octanol–water partition coefficient (Wildman–Crippen LogP) is 0.429. The largest absolute Gasteiger partial charge is 0.325 e. The molecular formula is C7H16N2. The van der Waals surface area contributed by atoms with Crippen molar-refractivity contribution in [2.45, 2.75) is 25.8 Å². The summed E-state index contributed by atoms with van der Waals surface area (Å²) in [5, 5.41) is 0. The van der Waals surface area contributed by atoms with Crippen LogP contribution in [0.3, 0.4) is 0 Å². The Balaban J connectivity index is 1.91. The van der Waals surface area contributed by atoms with E-state index in [1.165, 1.54) is 19.4 Å². The second-order valence-corrected chi connectivity index (χ2v) is 2.87. The van der Waals surface area contributed by atoms with E-state index in [-0.39, 0.29) is 0 Å². The van der Waals surface area contributed by atoms with E-state index in [9.17, 15) is 0 Å². The Bertz CT molecular complexity index is 77.0. The number of hydrogen-bond donors (Lipinski definition) is 1. The Kier molecular flexibility index (Phi) is 2.49. The molecule has 0 aliphatic carbocycles. The molecule has 0 aromatic rings. The zero-order valence-electron chi connectivity index (χ0n) is 6.14. The van der Waals surface area contributed by atoms with Gasteiger partial charge in [-0.05, 0) is 13.0 Å². The summed E-state index contributed by atoms with van der Waals surface area (Å²) in [6.07, 6.45) is 2.62. The van der Waals surface area contributed by atoms with Crippen molar-refractivity contribution in [3.8, 4) is 0 Å². The van der Waals surface area contributed by atoms with Gasteiger partial charge in [0.1, 0.15) is 0 Å². The van der Waals surface area contributed by atoms with Crippen LogP contribution in [0.4, 0.5) is 0 Å². The zero-order valence-corrected chi connectivity index (χ0v) is 6.14. The third-order valence-electron chi connectivity index (χ3n) is 1.81. The Morgan fingerprint density at radius 3 is 2.67 bits per heavy atom. The minimum atomic E-state index is 0.474. The number of hydrogen-bond acceptors (Lipinski definition) is 2. The minimum absolute atomic E-state index is 0.474. The molecule has 2 nitrogen and oxygen atoms in total. The topological polar surface area (TPSA) is 29.3 Å². The highest BCUT2D eigenvalue weighted by molar-refractivity contribution is 4.81. The van der Waals surface area contributed by atoms with Gasteiger partial charge < -0.3 is 10.6 Å². The van der Waals surface area contributed by atoms with Crippen LogP contribution in [-0.4, -0.2) is 30.6 Å². The second-order valence-electron chi connectivity index (χ2n) is 2.87. The first-order valence-corrected chi connectivity index (χ1v) is 3.81. The Morgan fingerprint density at radius 1 is 1.56 bits per heavy atom. The van der Waals surface area contributed by atoms with Crippen LogP contribution in [0.25, 0.3) is 0 Å². The minimum Gasteiger partial charge on any atom is -0.325 e. The molecule has 1 saturated heterocycles. The van der Waals surface area contributed by atoms with Crippen LogP contribution in [0.1, 0.15) is 19.8 Å². The van der Waals surface area contributed by atoms with E-state index in [1.807, 2.05) is 0 Å². The Morgan fingerprint density at radius 2 is 2.22 bits per heavy atom. The Labute approximate surface area is 57.0 Å². The summed E-state index contributed by atoms with van der Waals surface area (Å²) in [5.41, 5.74) is 5.60. The van der Waals surface area contributed by atoms with Gasteiger partial charge in [0.05, 0.1) is 0 Å². The van der Waals surface area contributed by atoms with Gasteiger partial charge in [-0.1, -0.05) is 13.3 Å². The summed E-state index contributed by atoms with van der Waals surface area (Å²) < 4.78 is 0. The molecule has 0 bridgehead atoms. The van der Waals surface area contributed by atoms with Crippen LogP contribution in [0.5, 0.6) is 0 Å². The summed E-state index contributed by atoms with van der Waals surface area (Å²) >= 11 is 0. The van der Waals surface area contributed by atoms with Crippen LogP contribution in [0.15, 0.2) is 0 Å². The average Bonchev–Trinajstić information content (AvgIpc) is 1.78. The summed E-state index contributed by atoms with van der Waals surface area (Å²) in [6, 6.07) is 0.474. The summed E-state index contributed by atoms with van der Waals surface area (Å²) in [5.74, 6) is 0. The highest BCUT2D eigenvalue weighted by Gasteiger charge is 2.21. The standard InChI is InChI=1S/C7H16N2/c1-2-3-4-9-5-7(8)6-9/h7H,2-6,8H2,1H3. The first kappa shape index (κ1) is 7.03. The SMILES string of the molecule is CCCCN1CC(N)C1. The average molecular weight is 128 g/mol. The molecule has 1 fully saturated rings. The van der Waals surface area contributed by atoms with Gasteiger partial charge >= 0.3 is 0 Å². The molecule has 0 unspecified atom stereocenters. The molecule has 0 amide bonds. The van der Waals surface area contributed by atoms with Crippen LogP contribution in [0, 0.1) is 0 Å². The quantitative estimate of drug-likeness (QED) is 0.597. The van der Waals surface area contributed by atoms with E-state index in [1.54, 1.807) is 0 Å². The molecule has 1 aliphatic heterocycles. The molecule has 1 rings (SSSR count). The monoisotopic (exact) mass is 128 g/mol. The molecule has 2 heteroatoms. The van der Waals surface area contributed by atoms with Crippen molar-refractivity contribution in [1.82, 2.24) is 4.90 Å². The molecule has 2 N–H and O–H groups in total. The van der Waals surface area contributed by atoms with E-state index in [0.717, 1.165) is 13.1 Å². The molecule has 0 spiro atoms. The molecular weight excluding hydrogens is 112 g/mol. The van der Waals surface area contributed by atoms with Crippen molar-refractivity contribution >= 4 is 0 Å². The second kappa shape index (κ2) is 3.18. The van der Waals surface area contributed by atoms with Gasteiger partial charge in [0.2, 0.25) is 0 Å². The fourth-order valence-electron chi connectivity index (χ4n) is 1.17. The molecule has 1 heterocycles. The fraction of sp³-hybridized carbons (Fsp3) is 1.00. The maximum Gasteiger partial charge on any atom is 0.0297 e.